The number of carboxylic acid groups (broad SMARTS) is 1. The van der Waals surface area contributed by atoms with Crippen LogP contribution in [0.1, 0.15) is 36.7 Å². The molecular weight excluding hydrogens is 365 g/mol. The van der Waals surface area contributed by atoms with Crippen LogP contribution in [0.2, 0.25) is 18.1 Å². The van der Waals surface area contributed by atoms with Gasteiger partial charge in [-0.2, -0.15) is 13.2 Å². The molecule has 1 aromatic rings. The van der Waals surface area contributed by atoms with E-state index >= 15 is 0 Å². The molecule has 118 valence electrons. The molecule has 21 heavy (non-hydrogen) atoms. The molecule has 7 heteroatoms. The van der Waals surface area contributed by atoms with Crippen molar-refractivity contribution in [1.82, 2.24) is 0 Å². The van der Waals surface area contributed by atoms with Gasteiger partial charge in [0.1, 0.15) is 0 Å². The van der Waals surface area contributed by atoms with Gasteiger partial charge in [-0.05, 0) is 11.3 Å². The zero-order valence-corrected chi connectivity index (χ0v) is 14.7. The number of alkyl halides is 3. The van der Waals surface area contributed by atoms with Crippen molar-refractivity contribution in [1.29, 1.82) is 0 Å². The molecule has 2 nitrogen and oxygen atoms in total. The Hall–Kier alpha value is -0.823. The highest BCUT2D eigenvalue weighted by atomic mass is 79.9. The fourth-order valence-corrected chi connectivity index (χ4v) is 8.20. The predicted molar refractivity (Wildman–Crippen MR) is 82.9 cm³/mol. The van der Waals surface area contributed by atoms with Crippen molar-refractivity contribution in [3.8, 4) is 0 Å². The van der Waals surface area contributed by atoms with Crippen LogP contribution in [0, 0.1) is 0 Å². The topological polar surface area (TPSA) is 37.3 Å². The minimum absolute atomic E-state index is 0.0991. The van der Waals surface area contributed by atoms with Crippen molar-refractivity contribution in [3.63, 3.8) is 0 Å². The third kappa shape index (κ3) is 3.34. The summed E-state index contributed by atoms with van der Waals surface area (Å²) in [6.07, 6.45) is -4.68. The average molecular weight is 383 g/mol. The van der Waals surface area contributed by atoms with E-state index in [-0.39, 0.29) is 4.47 Å². The molecule has 0 heterocycles. The van der Waals surface area contributed by atoms with Gasteiger partial charge < -0.3 is 5.11 Å². The Morgan fingerprint density at radius 2 is 1.67 bits per heavy atom. The molecule has 0 radical (unpaired) electrons. The van der Waals surface area contributed by atoms with Crippen molar-refractivity contribution in [2.75, 3.05) is 0 Å². The van der Waals surface area contributed by atoms with Gasteiger partial charge in [0.2, 0.25) is 0 Å². The zero-order chi connectivity index (χ0) is 16.4. The van der Waals surface area contributed by atoms with Crippen molar-refractivity contribution < 1.29 is 23.1 Å². The number of halogens is 4. The van der Waals surface area contributed by atoms with E-state index in [0.717, 1.165) is 29.4 Å². The van der Waals surface area contributed by atoms with Crippen LogP contribution in [0.5, 0.6) is 0 Å². The van der Waals surface area contributed by atoms with Gasteiger partial charge in [-0.3, -0.25) is 0 Å². The van der Waals surface area contributed by atoms with Gasteiger partial charge in [-0.25, -0.2) is 4.79 Å². The third-order valence-corrected chi connectivity index (χ3v) is 11.1. The van der Waals surface area contributed by atoms with E-state index in [9.17, 15) is 23.1 Å². The van der Waals surface area contributed by atoms with Crippen molar-refractivity contribution in [2.45, 2.75) is 45.1 Å². The van der Waals surface area contributed by atoms with Gasteiger partial charge in [0.05, 0.1) is 19.2 Å². The Morgan fingerprint density at radius 3 is 2.00 bits per heavy atom. The number of hydrogen-bond donors (Lipinski definition) is 1. The van der Waals surface area contributed by atoms with Crippen LogP contribution < -0.4 is 5.19 Å². The Balaban J connectivity index is 3.68. The lowest BCUT2D eigenvalue weighted by atomic mass is 10.1. The lowest BCUT2D eigenvalue weighted by Gasteiger charge is -2.31. The van der Waals surface area contributed by atoms with Gasteiger partial charge in [0.15, 0.2) is 0 Å². The minimum atomic E-state index is -4.68. The quantitative estimate of drug-likeness (QED) is 0.736. The molecule has 0 saturated heterocycles. The number of carbonyl (C=O) groups is 1. The minimum Gasteiger partial charge on any atom is -0.478 e. The lowest BCUT2D eigenvalue weighted by molar-refractivity contribution is -0.138. The van der Waals surface area contributed by atoms with Crippen LogP contribution >= 0.6 is 15.9 Å². The molecular formula is C14H18BrF3O2Si. The van der Waals surface area contributed by atoms with E-state index in [0.29, 0.717) is 0 Å². The first-order valence-electron chi connectivity index (χ1n) is 6.78. The zero-order valence-electron chi connectivity index (χ0n) is 12.1. The van der Waals surface area contributed by atoms with Gasteiger partial charge in [0.25, 0.3) is 0 Å². The largest absolute Gasteiger partial charge is 0.478 e. The standard InChI is InChI=1S/C14H18BrF3O2Si/c1-4-21(5-2,6-3)10-8-7-9(14(16,17)18)11(12(10)15)13(19)20/h7-8H,4-6H2,1-3H3,(H,19,20). The predicted octanol–water partition coefficient (Wildman–Crippen LogP) is 4.88. The number of rotatable bonds is 5. The molecule has 0 spiro atoms. The first kappa shape index (κ1) is 18.2. The van der Waals surface area contributed by atoms with E-state index < -0.39 is 31.3 Å². The normalized spacial score (nSPS) is 12.5. The third-order valence-electron chi connectivity index (χ3n) is 4.26. The Bertz CT molecular complexity index is 531. The summed E-state index contributed by atoms with van der Waals surface area (Å²) in [6.45, 7) is 6.05. The first-order valence-corrected chi connectivity index (χ1v) is 10.2. The fraction of sp³-hybridized carbons (Fsp3) is 0.500. The van der Waals surface area contributed by atoms with E-state index in [1.54, 1.807) is 0 Å². The summed E-state index contributed by atoms with van der Waals surface area (Å²) in [5.41, 5.74) is -1.77. The summed E-state index contributed by atoms with van der Waals surface area (Å²) in [6, 6.07) is 4.96. The summed E-state index contributed by atoms with van der Waals surface area (Å²) < 4.78 is 39.1. The number of aromatic carboxylic acids is 1. The summed E-state index contributed by atoms with van der Waals surface area (Å²) in [5.74, 6) is -1.55. The lowest BCUT2D eigenvalue weighted by Crippen LogP contribution is -2.47. The molecule has 0 atom stereocenters. The summed E-state index contributed by atoms with van der Waals surface area (Å²) in [7, 11) is -1.97. The first-order chi connectivity index (χ1) is 9.64. The SMILES string of the molecule is CC[Si](CC)(CC)c1ccc(C(F)(F)F)c(C(=O)O)c1Br. The van der Waals surface area contributed by atoms with Crippen molar-refractivity contribution in [2.24, 2.45) is 0 Å². The summed E-state index contributed by atoms with van der Waals surface area (Å²) >= 11 is 3.14. The van der Waals surface area contributed by atoms with Gasteiger partial charge >= 0.3 is 12.1 Å². The van der Waals surface area contributed by atoms with Crippen molar-refractivity contribution >= 4 is 35.2 Å². The van der Waals surface area contributed by atoms with Crippen LogP contribution in [-0.4, -0.2) is 19.1 Å². The van der Waals surface area contributed by atoms with E-state index in [4.69, 9.17) is 0 Å². The molecule has 0 aliphatic carbocycles. The van der Waals surface area contributed by atoms with Crippen LogP contribution in [0.15, 0.2) is 16.6 Å². The highest BCUT2D eigenvalue weighted by Gasteiger charge is 2.40. The summed E-state index contributed by atoms with van der Waals surface area (Å²) in [5, 5.41) is 9.97. The fourth-order valence-electron chi connectivity index (χ4n) is 2.75. The van der Waals surface area contributed by atoms with Crippen molar-refractivity contribution in [3.05, 3.63) is 27.7 Å². The molecule has 0 aliphatic rings. The molecule has 1 aromatic carbocycles. The van der Waals surface area contributed by atoms with Crippen LogP contribution in [-0.2, 0) is 6.18 Å². The van der Waals surface area contributed by atoms with Gasteiger partial charge in [-0.1, -0.05) is 60.9 Å². The second kappa shape index (κ2) is 6.52. The smallest absolute Gasteiger partial charge is 0.417 e. The van der Waals surface area contributed by atoms with Crippen LogP contribution in [0.3, 0.4) is 0 Å². The molecule has 1 rings (SSSR count). The molecule has 1 N–H and O–H groups in total. The maximum atomic E-state index is 13.0. The molecule has 0 unspecified atom stereocenters. The summed E-state index contributed by atoms with van der Waals surface area (Å²) in [4.78, 5) is 11.3. The maximum Gasteiger partial charge on any atom is 0.417 e. The van der Waals surface area contributed by atoms with Crippen LogP contribution in [0.25, 0.3) is 0 Å². The van der Waals surface area contributed by atoms with E-state index in [2.05, 4.69) is 15.9 Å². The molecule has 0 amide bonds. The van der Waals surface area contributed by atoms with Crippen LogP contribution in [0.4, 0.5) is 13.2 Å². The number of hydrogen-bond acceptors (Lipinski definition) is 1. The molecule has 0 aliphatic heterocycles. The van der Waals surface area contributed by atoms with E-state index in [1.165, 1.54) is 6.07 Å². The monoisotopic (exact) mass is 382 g/mol. The van der Waals surface area contributed by atoms with Gasteiger partial charge in [0, 0.05) is 4.47 Å². The van der Waals surface area contributed by atoms with Gasteiger partial charge in [-0.15, -0.1) is 0 Å². The Labute approximate surface area is 131 Å². The second-order valence-corrected chi connectivity index (χ2v) is 11.0. The molecule has 0 aromatic heterocycles. The highest BCUT2D eigenvalue weighted by molar-refractivity contribution is 9.10. The Morgan fingerprint density at radius 1 is 1.19 bits per heavy atom. The molecule has 0 bridgehead atoms. The second-order valence-electron chi connectivity index (χ2n) is 4.99. The average Bonchev–Trinajstić information content (AvgIpc) is 2.40. The highest BCUT2D eigenvalue weighted by Crippen LogP contribution is 2.36. The Kier molecular flexibility index (Phi) is 5.66. The molecule has 0 saturated carbocycles. The maximum absolute atomic E-state index is 13.0. The molecule has 0 fully saturated rings. The van der Waals surface area contributed by atoms with E-state index in [1.807, 2.05) is 20.8 Å². The number of benzene rings is 1. The number of carboxylic acids is 1.